The molecule has 0 spiro atoms. The van der Waals surface area contributed by atoms with E-state index in [0.29, 0.717) is 12.3 Å². The summed E-state index contributed by atoms with van der Waals surface area (Å²) in [6, 6.07) is 0. The molecule has 0 heterocycles. The minimum atomic E-state index is -3.84. The first-order chi connectivity index (χ1) is 3.92. The van der Waals surface area contributed by atoms with E-state index in [4.69, 9.17) is 9.79 Å². The van der Waals surface area contributed by atoms with Crippen LogP contribution in [0.25, 0.3) is 0 Å². The predicted molar refractivity (Wildman–Crippen MR) is 35.8 cm³/mol. The molecule has 0 aliphatic carbocycles. The van der Waals surface area contributed by atoms with Gasteiger partial charge in [-0.25, -0.2) is 0 Å². The Morgan fingerprint density at radius 3 is 2.11 bits per heavy atom. The average molecular weight is 151 g/mol. The van der Waals surface area contributed by atoms with Crippen molar-refractivity contribution in [3.63, 3.8) is 0 Å². The summed E-state index contributed by atoms with van der Waals surface area (Å²) in [7, 11) is -3.84. The molecule has 0 aromatic rings. The Morgan fingerprint density at radius 1 is 1.56 bits per heavy atom. The normalized spacial score (nSPS) is 12.6. The molecule has 3 nitrogen and oxygen atoms in total. The van der Waals surface area contributed by atoms with Gasteiger partial charge in [0, 0.05) is 0 Å². The Hall–Kier alpha value is 0.150. The molecule has 0 atom stereocenters. The van der Waals surface area contributed by atoms with E-state index in [9.17, 15) is 4.57 Å². The molecular weight excluding hydrogens is 139 g/mol. The fraction of sp³-hybridized carbons (Fsp3) is 0.800. The second-order valence-corrected chi connectivity index (χ2v) is 3.94. The smallest absolute Gasteiger partial charge is 0.324 e. The van der Waals surface area contributed by atoms with Gasteiger partial charge >= 0.3 is 7.60 Å². The zero-order valence-corrected chi connectivity index (χ0v) is 6.51. The monoisotopic (exact) mass is 151 g/mol. The maximum Gasteiger partial charge on any atom is 0.329 e. The summed E-state index contributed by atoms with van der Waals surface area (Å²) in [6.45, 7) is 3.82. The maximum atomic E-state index is 10.2. The van der Waals surface area contributed by atoms with Crippen LogP contribution in [-0.2, 0) is 4.57 Å². The van der Waals surface area contributed by atoms with Gasteiger partial charge < -0.3 is 9.79 Å². The molecular formula is C5H12O3P. The van der Waals surface area contributed by atoms with Crippen LogP contribution in [0.1, 0.15) is 20.3 Å². The highest BCUT2D eigenvalue weighted by Gasteiger charge is 2.12. The van der Waals surface area contributed by atoms with Crippen molar-refractivity contribution in [3.8, 4) is 0 Å². The van der Waals surface area contributed by atoms with Crippen LogP contribution in [0.2, 0.25) is 0 Å². The van der Waals surface area contributed by atoms with Crippen molar-refractivity contribution in [3.05, 3.63) is 6.16 Å². The highest BCUT2D eigenvalue weighted by molar-refractivity contribution is 7.54. The topological polar surface area (TPSA) is 57.5 Å². The molecule has 0 aromatic carbocycles. The van der Waals surface area contributed by atoms with Crippen LogP contribution in [0.3, 0.4) is 0 Å². The maximum absolute atomic E-state index is 10.2. The molecule has 0 aliphatic rings. The second-order valence-electron chi connectivity index (χ2n) is 2.40. The molecule has 4 heteroatoms. The van der Waals surface area contributed by atoms with Crippen LogP contribution < -0.4 is 0 Å². The quantitative estimate of drug-likeness (QED) is 0.599. The standard InChI is InChI=1S/C5H12O3P/c1-5(2)3-4-9(6,7)8/h4-5H,3H2,1-2H3,(H2,6,7,8). The van der Waals surface area contributed by atoms with Crippen LogP contribution in [-0.4, -0.2) is 9.79 Å². The molecule has 0 aliphatic heterocycles. The Morgan fingerprint density at radius 2 is 2.00 bits per heavy atom. The summed E-state index contributed by atoms with van der Waals surface area (Å²) < 4.78 is 10.2. The fourth-order valence-corrected chi connectivity index (χ4v) is 1.04. The number of hydrogen-bond acceptors (Lipinski definition) is 1. The third-order valence-corrected chi connectivity index (χ3v) is 1.50. The highest BCUT2D eigenvalue weighted by Crippen LogP contribution is 2.40. The molecule has 2 N–H and O–H groups in total. The van der Waals surface area contributed by atoms with E-state index < -0.39 is 7.60 Å². The zero-order valence-electron chi connectivity index (χ0n) is 5.61. The van der Waals surface area contributed by atoms with Crippen molar-refractivity contribution in [2.75, 3.05) is 0 Å². The first-order valence-corrected chi connectivity index (χ1v) is 4.49. The Bertz CT molecular complexity index is 115. The summed E-state index contributed by atoms with van der Waals surface area (Å²) in [5.74, 6) is 0.317. The third kappa shape index (κ3) is 8.15. The van der Waals surface area contributed by atoms with E-state index >= 15 is 0 Å². The first-order valence-electron chi connectivity index (χ1n) is 2.81. The summed E-state index contributed by atoms with van der Waals surface area (Å²) in [6.07, 6.45) is 1.53. The molecule has 0 unspecified atom stereocenters. The van der Waals surface area contributed by atoms with Crippen molar-refractivity contribution in [1.82, 2.24) is 0 Å². The van der Waals surface area contributed by atoms with Crippen LogP contribution >= 0.6 is 7.60 Å². The molecule has 9 heavy (non-hydrogen) atoms. The molecule has 1 radical (unpaired) electrons. The average Bonchev–Trinajstić information content (AvgIpc) is 1.59. The first kappa shape index (κ1) is 9.15. The minimum Gasteiger partial charge on any atom is -0.324 e. The summed E-state index contributed by atoms with van der Waals surface area (Å²) in [5.41, 5.74) is 0. The van der Waals surface area contributed by atoms with Crippen LogP contribution in [0, 0.1) is 12.1 Å². The lowest BCUT2D eigenvalue weighted by atomic mass is 10.2. The van der Waals surface area contributed by atoms with Crippen LogP contribution in [0.4, 0.5) is 0 Å². The lowest BCUT2D eigenvalue weighted by Crippen LogP contribution is -1.88. The van der Waals surface area contributed by atoms with Gasteiger partial charge in [0.25, 0.3) is 0 Å². The van der Waals surface area contributed by atoms with Gasteiger partial charge in [0.2, 0.25) is 0 Å². The predicted octanol–water partition coefficient (Wildman–Crippen LogP) is 1.37. The Kier molecular flexibility index (Phi) is 3.41. The van der Waals surface area contributed by atoms with Crippen molar-refractivity contribution >= 4 is 7.60 Å². The summed E-state index contributed by atoms with van der Waals surface area (Å²) in [5, 5.41) is 0. The Labute approximate surface area is 55.3 Å². The van der Waals surface area contributed by atoms with Crippen molar-refractivity contribution in [2.24, 2.45) is 5.92 Å². The highest BCUT2D eigenvalue weighted by atomic mass is 31.2. The lowest BCUT2D eigenvalue weighted by Gasteiger charge is -2.04. The van der Waals surface area contributed by atoms with Crippen molar-refractivity contribution < 1.29 is 14.4 Å². The van der Waals surface area contributed by atoms with E-state index in [1.54, 1.807) is 0 Å². The second kappa shape index (κ2) is 3.35. The lowest BCUT2D eigenvalue weighted by molar-refractivity contribution is 0.377. The van der Waals surface area contributed by atoms with Gasteiger partial charge in [0.05, 0.1) is 6.16 Å². The number of hydrogen-bond donors (Lipinski definition) is 2. The fourth-order valence-electron chi connectivity index (χ4n) is 0.348. The SMILES string of the molecule is CC(C)C[CH]P(=O)(O)O. The molecule has 0 rings (SSSR count). The van der Waals surface area contributed by atoms with Gasteiger partial charge in [0.1, 0.15) is 0 Å². The molecule has 0 aromatic heterocycles. The molecule has 0 amide bonds. The Balaban J connectivity index is 3.40. The summed E-state index contributed by atoms with van der Waals surface area (Å²) >= 11 is 0. The largest absolute Gasteiger partial charge is 0.329 e. The van der Waals surface area contributed by atoms with E-state index in [-0.39, 0.29) is 0 Å². The van der Waals surface area contributed by atoms with Gasteiger partial charge in [-0.2, -0.15) is 0 Å². The number of rotatable bonds is 3. The molecule has 0 bridgehead atoms. The van der Waals surface area contributed by atoms with E-state index in [1.807, 2.05) is 13.8 Å². The van der Waals surface area contributed by atoms with Gasteiger partial charge in [-0.15, -0.1) is 0 Å². The minimum absolute atomic E-state index is 0.317. The van der Waals surface area contributed by atoms with Gasteiger partial charge in [0.15, 0.2) is 0 Å². The van der Waals surface area contributed by atoms with Crippen LogP contribution in [0.5, 0.6) is 0 Å². The third-order valence-electron chi connectivity index (χ3n) is 0.815. The van der Waals surface area contributed by atoms with E-state index in [2.05, 4.69) is 0 Å². The van der Waals surface area contributed by atoms with E-state index in [1.165, 1.54) is 0 Å². The summed E-state index contributed by atoms with van der Waals surface area (Å²) in [4.78, 5) is 16.6. The van der Waals surface area contributed by atoms with E-state index in [0.717, 1.165) is 6.16 Å². The van der Waals surface area contributed by atoms with Gasteiger partial charge in [-0.3, -0.25) is 4.57 Å². The van der Waals surface area contributed by atoms with Gasteiger partial charge in [-0.05, 0) is 12.3 Å². The molecule has 0 saturated heterocycles. The van der Waals surface area contributed by atoms with Crippen molar-refractivity contribution in [2.45, 2.75) is 20.3 Å². The van der Waals surface area contributed by atoms with Gasteiger partial charge in [-0.1, -0.05) is 13.8 Å². The molecule has 0 fully saturated rings. The zero-order chi connectivity index (χ0) is 7.49. The van der Waals surface area contributed by atoms with Crippen molar-refractivity contribution in [1.29, 1.82) is 0 Å². The molecule has 0 saturated carbocycles. The molecule has 55 valence electrons. The van der Waals surface area contributed by atoms with Crippen LogP contribution in [0.15, 0.2) is 0 Å².